The van der Waals surface area contributed by atoms with Crippen molar-refractivity contribution in [3.63, 3.8) is 0 Å². The van der Waals surface area contributed by atoms with E-state index in [1.54, 1.807) is 6.07 Å². The summed E-state index contributed by atoms with van der Waals surface area (Å²) >= 11 is 5.70. The number of carbonyl (C=O) groups is 1. The molecule has 0 aromatic carbocycles. The second kappa shape index (κ2) is 3.70. The van der Waals surface area contributed by atoms with Gasteiger partial charge in [0, 0.05) is 18.6 Å². The summed E-state index contributed by atoms with van der Waals surface area (Å²) in [4.78, 5) is 14.6. The molecule has 0 radical (unpaired) electrons. The number of aromatic nitrogens is 3. The first-order valence-corrected chi connectivity index (χ1v) is 4.44. The van der Waals surface area contributed by atoms with Crippen LogP contribution < -0.4 is 0 Å². The van der Waals surface area contributed by atoms with Gasteiger partial charge >= 0.3 is 5.97 Å². The van der Waals surface area contributed by atoms with Crippen molar-refractivity contribution in [1.29, 1.82) is 0 Å². The van der Waals surface area contributed by atoms with Gasteiger partial charge in [-0.2, -0.15) is 5.10 Å². The SMILES string of the molecule is O=C(O)c1cnccc1-n1cc(Cl)cn1. The molecule has 0 amide bonds. The van der Waals surface area contributed by atoms with Crippen LogP contribution in [0, 0.1) is 0 Å². The van der Waals surface area contributed by atoms with E-state index in [1.807, 2.05) is 0 Å². The lowest BCUT2D eigenvalue weighted by molar-refractivity contribution is 0.0696. The zero-order chi connectivity index (χ0) is 10.8. The maximum absolute atomic E-state index is 10.9. The Morgan fingerprint density at radius 3 is 2.87 bits per heavy atom. The third kappa shape index (κ3) is 1.82. The Balaban J connectivity index is 2.57. The Morgan fingerprint density at radius 2 is 2.27 bits per heavy atom. The van der Waals surface area contributed by atoms with E-state index in [1.165, 1.54) is 29.5 Å². The Labute approximate surface area is 89.9 Å². The molecule has 2 aromatic rings. The predicted molar refractivity (Wildman–Crippen MR) is 53.3 cm³/mol. The molecular formula is C9H6ClN3O2. The Bertz CT molecular complexity index is 510. The molecule has 0 atom stereocenters. The average molecular weight is 224 g/mol. The molecule has 0 saturated heterocycles. The van der Waals surface area contributed by atoms with E-state index in [2.05, 4.69) is 10.1 Å². The van der Waals surface area contributed by atoms with Crippen molar-refractivity contribution in [3.05, 3.63) is 41.4 Å². The van der Waals surface area contributed by atoms with Crippen LogP contribution in [-0.2, 0) is 0 Å². The highest BCUT2D eigenvalue weighted by atomic mass is 35.5. The molecule has 5 nitrogen and oxygen atoms in total. The second-order valence-corrected chi connectivity index (χ2v) is 3.24. The van der Waals surface area contributed by atoms with Crippen LogP contribution in [0.4, 0.5) is 0 Å². The smallest absolute Gasteiger partial charge is 0.339 e. The van der Waals surface area contributed by atoms with Gasteiger partial charge in [-0.3, -0.25) is 4.98 Å². The Morgan fingerprint density at radius 1 is 1.47 bits per heavy atom. The molecular weight excluding hydrogens is 218 g/mol. The van der Waals surface area contributed by atoms with Gasteiger partial charge in [0.25, 0.3) is 0 Å². The van der Waals surface area contributed by atoms with Gasteiger partial charge in [0.1, 0.15) is 5.56 Å². The minimum absolute atomic E-state index is 0.0808. The normalized spacial score (nSPS) is 10.2. The number of aromatic carboxylic acids is 1. The first-order valence-electron chi connectivity index (χ1n) is 4.06. The third-order valence-corrected chi connectivity index (χ3v) is 2.02. The van der Waals surface area contributed by atoms with Crippen molar-refractivity contribution >= 4 is 17.6 Å². The molecule has 76 valence electrons. The molecule has 0 aliphatic rings. The van der Waals surface area contributed by atoms with E-state index in [0.717, 1.165) is 0 Å². The maximum Gasteiger partial charge on any atom is 0.339 e. The highest BCUT2D eigenvalue weighted by molar-refractivity contribution is 6.30. The number of pyridine rings is 1. The monoisotopic (exact) mass is 223 g/mol. The van der Waals surface area contributed by atoms with Crippen LogP contribution in [0.1, 0.15) is 10.4 Å². The number of rotatable bonds is 2. The van der Waals surface area contributed by atoms with Crippen LogP contribution in [-0.4, -0.2) is 25.8 Å². The highest BCUT2D eigenvalue weighted by Crippen LogP contribution is 2.15. The molecule has 0 bridgehead atoms. The second-order valence-electron chi connectivity index (χ2n) is 2.80. The van der Waals surface area contributed by atoms with Crippen LogP contribution in [0.5, 0.6) is 0 Å². The highest BCUT2D eigenvalue weighted by Gasteiger charge is 2.11. The van der Waals surface area contributed by atoms with E-state index in [4.69, 9.17) is 16.7 Å². The van der Waals surface area contributed by atoms with Gasteiger partial charge in [0.05, 0.1) is 16.9 Å². The molecule has 0 aliphatic heterocycles. The first-order chi connectivity index (χ1) is 7.18. The van der Waals surface area contributed by atoms with Gasteiger partial charge in [-0.25, -0.2) is 9.48 Å². The van der Waals surface area contributed by atoms with Gasteiger partial charge in [-0.05, 0) is 6.07 Å². The molecule has 0 spiro atoms. The van der Waals surface area contributed by atoms with E-state index < -0.39 is 5.97 Å². The van der Waals surface area contributed by atoms with Crippen molar-refractivity contribution in [2.24, 2.45) is 0 Å². The minimum Gasteiger partial charge on any atom is -0.478 e. The minimum atomic E-state index is -1.05. The van der Waals surface area contributed by atoms with Crippen molar-refractivity contribution < 1.29 is 9.90 Å². The Kier molecular flexibility index (Phi) is 2.39. The average Bonchev–Trinajstić information content (AvgIpc) is 2.65. The van der Waals surface area contributed by atoms with Crippen molar-refractivity contribution in [2.45, 2.75) is 0 Å². The number of halogens is 1. The van der Waals surface area contributed by atoms with Crippen molar-refractivity contribution in [2.75, 3.05) is 0 Å². The van der Waals surface area contributed by atoms with Crippen molar-refractivity contribution in [1.82, 2.24) is 14.8 Å². The van der Waals surface area contributed by atoms with E-state index in [0.29, 0.717) is 10.7 Å². The van der Waals surface area contributed by atoms with Crippen LogP contribution in [0.3, 0.4) is 0 Å². The van der Waals surface area contributed by atoms with Gasteiger partial charge in [0.15, 0.2) is 0 Å². The lowest BCUT2D eigenvalue weighted by Crippen LogP contribution is -2.06. The predicted octanol–water partition coefficient (Wildman–Crippen LogP) is 1.62. The molecule has 0 unspecified atom stereocenters. The summed E-state index contributed by atoms with van der Waals surface area (Å²) in [5.41, 5.74) is 0.515. The topological polar surface area (TPSA) is 68.0 Å². The van der Waals surface area contributed by atoms with Crippen LogP contribution >= 0.6 is 11.6 Å². The summed E-state index contributed by atoms with van der Waals surface area (Å²) in [5.74, 6) is -1.05. The lowest BCUT2D eigenvalue weighted by Gasteiger charge is -2.03. The lowest BCUT2D eigenvalue weighted by atomic mass is 10.2. The number of hydrogen-bond acceptors (Lipinski definition) is 3. The van der Waals surface area contributed by atoms with Crippen LogP contribution in [0.15, 0.2) is 30.9 Å². The molecule has 2 aromatic heterocycles. The third-order valence-electron chi connectivity index (χ3n) is 1.83. The standard InChI is InChI=1S/C9H6ClN3O2/c10-6-3-12-13(5-6)8-1-2-11-4-7(8)9(14)15/h1-5H,(H,14,15). The van der Waals surface area contributed by atoms with E-state index >= 15 is 0 Å². The maximum atomic E-state index is 10.9. The van der Waals surface area contributed by atoms with Crippen LogP contribution in [0.25, 0.3) is 5.69 Å². The summed E-state index contributed by atoms with van der Waals surface area (Å²) in [6.07, 6.45) is 5.74. The molecule has 6 heteroatoms. The molecule has 0 aliphatic carbocycles. The fourth-order valence-corrected chi connectivity index (χ4v) is 1.32. The largest absolute Gasteiger partial charge is 0.478 e. The van der Waals surface area contributed by atoms with Gasteiger partial charge < -0.3 is 5.11 Å². The Hall–Kier alpha value is -1.88. The zero-order valence-electron chi connectivity index (χ0n) is 7.46. The zero-order valence-corrected chi connectivity index (χ0v) is 8.22. The quantitative estimate of drug-likeness (QED) is 0.840. The molecule has 0 fully saturated rings. The van der Waals surface area contributed by atoms with Crippen molar-refractivity contribution in [3.8, 4) is 5.69 Å². The van der Waals surface area contributed by atoms with E-state index in [9.17, 15) is 4.79 Å². The first kappa shape index (κ1) is 9.67. The summed E-state index contributed by atoms with van der Waals surface area (Å²) in [5, 5.41) is 13.3. The fourth-order valence-electron chi connectivity index (χ4n) is 1.18. The van der Waals surface area contributed by atoms with Gasteiger partial charge in [0.2, 0.25) is 0 Å². The number of carboxylic acids is 1. The molecule has 15 heavy (non-hydrogen) atoms. The van der Waals surface area contributed by atoms with Crippen LogP contribution in [0.2, 0.25) is 5.02 Å². The molecule has 2 heterocycles. The number of nitrogens with zero attached hydrogens (tertiary/aromatic N) is 3. The molecule has 0 saturated carbocycles. The van der Waals surface area contributed by atoms with Gasteiger partial charge in [-0.15, -0.1) is 0 Å². The van der Waals surface area contributed by atoms with Gasteiger partial charge in [-0.1, -0.05) is 11.6 Å². The number of carboxylic acid groups (broad SMARTS) is 1. The fraction of sp³-hybridized carbons (Fsp3) is 0. The molecule has 2 rings (SSSR count). The summed E-state index contributed by atoms with van der Waals surface area (Å²) in [6, 6.07) is 1.56. The summed E-state index contributed by atoms with van der Waals surface area (Å²) in [7, 11) is 0. The summed E-state index contributed by atoms with van der Waals surface area (Å²) < 4.78 is 1.40. The molecule has 1 N–H and O–H groups in total. The summed E-state index contributed by atoms with van der Waals surface area (Å²) in [6.45, 7) is 0. The van der Waals surface area contributed by atoms with E-state index in [-0.39, 0.29) is 5.56 Å². The number of hydrogen-bond donors (Lipinski definition) is 1.